The molecule has 3 rings (SSSR count). The molecule has 3 aliphatic rings. The largest absolute Gasteiger partial charge is 0.394 e. The Labute approximate surface area is 106 Å². The van der Waals surface area contributed by atoms with Crippen LogP contribution in [0.4, 0.5) is 0 Å². The summed E-state index contributed by atoms with van der Waals surface area (Å²) in [7, 11) is 0. The van der Waals surface area contributed by atoms with E-state index in [4.69, 9.17) is 23.7 Å². The zero-order chi connectivity index (χ0) is 13.1. The maximum absolute atomic E-state index is 9.39. The van der Waals surface area contributed by atoms with Crippen LogP contribution in [0.1, 0.15) is 27.7 Å². The summed E-state index contributed by atoms with van der Waals surface area (Å²) in [6, 6.07) is 0. The van der Waals surface area contributed by atoms with Gasteiger partial charge >= 0.3 is 0 Å². The summed E-state index contributed by atoms with van der Waals surface area (Å²) >= 11 is 0. The molecule has 0 amide bonds. The maximum atomic E-state index is 9.39. The lowest BCUT2D eigenvalue weighted by Crippen LogP contribution is -2.56. The fourth-order valence-electron chi connectivity index (χ4n) is 2.87. The van der Waals surface area contributed by atoms with Gasteiger partial charge in [-0.25, -0.2) is 0 Å². The van der Waals surface area contributed by atoms with E-state index in [0.29, 0.717) is 0 Å². The number of hydrogen-bond donors (Lipinski definition) is 1. The highest BCUT2D eigenvalue weighted by Crippen LogP contribution is 2.44. The lowest BCUT2D eigenvalue weighted by Gasteiger charge is -2.43. The van der Waals surface area contributed by atoms with Crippen molar-refractivity contribution in [2.45, 2.75) is 70.0 Å². The Kier molecular flexibility index (Phi) is 2.75. The van der Waals surface area contributed by atoms with E-state index in [2.05, 4.69) is 0 Å². The van der Waals surface area contributed by atoms with Crippen LogP contribution >= 0.6 is 0 Å². The van der Waals surface area contributed by atoms with Gasteiger partial charge in [0, 0.05) is 0 Å². The van der Waals surface area contributed by atoms with Gasteiger partial charge < -0.3 is 28.8 Å². The quantitative estimate of drug-likeness (QED) is 0.735. The molecule has 0 spiro atoms. The Hall–Kier alpha value is -0.240. The van der Waals surface area contributed by atoms with E-state index in [1.165, 1.54) is 0 Å². The third-order valence-electron chi connectivity index (χ3n) is 3.43. The second-order valence-electron chi connectivity index (χ2n) is 5.89. The lowest BCUT2D eigenvalue weighted by atomic mass is 10.0. The van der Waals surface area contributed by atoms with Crippen LogP contribution in [0, 0.1) is 0 Å². The first-order chi connectivity index (χ1) is 8.31. The molecule has 0 bridgehead atoms. The predicted molar refractivity (Wildman–Crippen MR) is 59.6 cm³/mol. The molecular formula is C12H20O6. The summed E-state index contributed by atoms with van der Waals surface area (Å²) in [6.45, 7) is 7.21. The number of rotatable bonds is 1. The van der Waals surface area contributed by atoms with Crippen molar-refractivity contribution in [3.63, 3.8) is 0 Å². The maximum Gasteiger partial charge on any atom is 0.190 e. The van der Waals surface area contributed by atoms with E-state index in [0.717, 1.165) is 0 Å². The van der Waals surface area contributed by atoms with Gasteiger partial charge in [0.25, 0.3) is 0 Å². The van der Waals surface area contributed by atoms with Crippen molar-refractivity contribution in [1.82, 2.24) is 0 Å². The monoisotopic (exact) mass is 260 g/mol. The highest BCUT2D eigenvalue weighted by Gasteiger charge is 2.60. The van der Waals surface area contributed by atoms with E-state index < -0.39 is 24.0 Å². The number of hydrogen-bond acceptors (Lipinski definition) is 6. The van der Waals surface area contributed by atoms with Crippen molar-refractivity contribution in [3.05, 3.63) is 0 Å². The fourth-order valence-corrected chi connectivity index (χ4v) is 2.87. The molecule has 3 aliphatic heterocycles. The SMILES string of the molecule is CC1(C)O[C@H]2O[C@@H]3[C@@H](OC(C)(C)O[C@H]3CO)[C@@H]2O1. The van der Waals surface area contributed by atoms with Gasteiger partial charge in [-0.3, -0.25) is 0 Å². The minimum atomic E-state index is -0.761. The second kappa shape index (κ2) is 3.88. The van der Waals surface area contributed by atoms with Crippen LogP contribution in [0.3, 0.4) is 0 Å². The molecule has 5 atom stereocenters. The molecule has 3 saturated heterocycles. The molecule has 0 saturated carbocycles. The normalized spacial score (nSPS) is 48.8. The molecule has 0 aromatic heterocycles. The molecule has 18 heavy (non-hydrogen) atoms. The minimum Gasteiger partial charge on any atom is -0.394 e. The van der Waals surface area contributed by atoms with Crippen LogP contribution in [-0.2, 0) is 23.7 Å². The smallest absolute Gasteiger partial charge is 0.190 e. The fraction of sp³-hybridized carbons (Fsp3) is 1.00. The molecule has 6 heteroatoms. The topological polar surface area (TPSA) is 66.4 Å². The summed E-state index contributed by atoms with van der Waals surface area (Å²) in [5, 5.41) is 9.39. The Morgan fingerprint density at radius 1 is 0.833 bits per heavy atom. The first-order valence-corrected chi connectivity index (χ1v) is 6.29. The molecule has 0 radical (unpaired) electrons. The van der Waals surface area contributed by atoms with Crippen LogP contribution in [0.2, 0.25) is 0 Å². The molecule has 6 nitrogen and oxygen atoms in total. The van der Waals surface area contributed by atoms with Crippen molar-refractivity contribution in [1.29, 1.82) is 0 Å². The highest BCUT2D eigenvalue weighted by atomic mass is 16.9. The van der Waals surface area contributed by atoms with E-state index in [1.54, 1.807) is 0 Å². The molecule has 0 aliphatic carbocycles. The van der Waals surface area contributed by atoms with Gasteiger partial charge in [0.1, 0.15) is 24.4 Å². The third kappa shape index (κ3) is 1.97. The van der Waals surface area contributed by atoms with Crippen LogP contribution in [0.5, 0.6) is 0 Å². The van der Waals surface area contributed by atoms with Gasteiger partial charge in [0.15, 0.2) is 17.9 Å². The van der Waals surface area contributed by atoms with Crippen LogP contribution < -0.4 is 0 Å². The average Bonchev–Trinajstić information content (AvgIpc) is 2.69. The molecule has 0 aromatic carbocycles. The number of fused-ring (bicyclic) bond motifs is 3. The highest BCUT2D eigenvalue weighted by molar-refractivity contribution is 5.00. The Bertz CT molecular complexity index is 341. The van der Waals surface area contributed by atoms with Gasteiger partial charge in [0.05, 0.1) is 6.61 Å². The summed E-state index contributed by atoms with van der Waals surface area (Å²) in [5.41, 5.74) is 0. The van der Waals surface area contributed by atoms with Crippen LogP contribution in [-0.4, -0.2) is 54.0 Å². The van der Waals surface area contributed by atoms with E-state index in [-0.39, 0.29) is 24.9 Å². The molecule has 3 fully saturated rings. The third-order valence-corrected chi connectivity index (χ3v) is 3.43. The zero-order valence-electron chi connectivity index (χ0n) is 11.1. The summed E-state index contributed by atoms with van der Waals surface area (Å²) in [6.07, 6.45) is -1.78. The number of aliphatic hydroxyl groups excluding tert-OH is 1. The molecule has 0 aromatic rings. The van der Waals surface area contributed by atoms with Crippen molar-refractivity contribution in [2.75, 3.05) is 6.61 Å². The molecule has 3 heterocycles. The summed E-state index contributed by atoms with van der Waals surface area (Å²) in [5.74, 6) is -1.43. The van der Waals surface area contributed by atoms with Crippen molar-refractivity contribution in [3.8, 4) is 0 Å². The van der Waals surface area contributed by atoms with E-state index >= 15 is 0 Å². The molecule has 1 N–H and O–H groups in total. The lowest BCUT2D eigenvalue weighted by molar-refractivity contribution is -0.347. The van der Waals surface area contributed by atoms with Crippen molar-refractivity contribution in [2.24, 2.45) is 0 Å². The van der Waals surface area contributed by atoms with Crippen LogP contribution in [0.15, 0.2) is 0 Å². The Morgan fingerprint density at radius 2 is 1.44 bits per heavy atom. The van der Waals surface area contributed by atoms with E-state index in [1.807, 2.05) is 27.7 Å². The van der Waals surface area contributed by atoms with Gasteiger partial charge in [-0.2, -0.15) is 0 Å². The molecule has 0 unspecified atom stereocenters. The Morgan fingerprint density at radius 3 is 2.11 bits per heavy atom. The van der Waals surface area contributed by atoms with Gasteiger partial charge in [-0.15, -0.1) is 0 Å². The minimum absolute atomic E-state index is 0.114. The number of ether oxygens (including phenoxy) is 5. The first-order valence-electron chi connectivity index (χ1n) is 6.29. The van der Waals surface area contributed by atoms with Crippen LogP contribution in [0.25, 0.3) is 0 Å². The van der Waals surface area contributed by atoms with Gasteiger partial charge in [-0.05, 0) is 27.7 Å². The first kappa shape index (κ1) is 12.8. The Balaban J connectivity index is 1.83. The predicted octanol–water partition coefficient (Wildman–Crippen LogP) is 0.375. The molecule has 104 valence electrons. The summed E-state index contributed by atoms with van der Waals surface area (Å²) < 4.78 is 28.8. The molecular weight excluding hydrogens is 240 g/mol. The van der Waals surface area contributed by atoms with Crippen molar-refractivity contribution < 1.29 is 28.8 Å². The second-order valence-corrected chi connectivity index (χ2v) is 5.89. The van der Waals surface area contributed by atoms with Crippen molar-refractivity contribution >= 4 is 0 Å². The van der Waals surface area contributed by atoms with E-state index in [9.17, 15) is 5.11 Å². The van der Waals surface area contributed by atoms with Gasteiger partial charge in [-0.1, -0.05) is 0 Å². The van der Waals surface area contributed by atoms with Gasteiger partial charge in [0.2, 0.25) is 0 Å². The number of aliphatic hydroxyl groups is 1. The average molecular weight is 260 g/mol. The zero-order valence-corrected chi connectivity index (χ0v) is 11.1. The standard InChI is InChI=1S/C12H20O6/c1-11(2)15-6(5-13)7-8(16-11)9-10(14-7)18-12(3,4)17-9/h6-10,13H,5H2,1-4H3/t6-,7-,8+,9-,10+/m0/s1. The summed E-state index contributed by atoms with van der Waals surface area (Å²) in [4.78, 5) is 0.